The Kier molecular flexibility index (Phi) is 3.63. The first-order valence-corrected chi connectivity index (χ1v) is 5.96. The third-order valence-corrected chi connectivity index (χ3v) is 2.74. The second kappa shape index (κ2) is 5.01. The fourth-order valence-electron chi connectivity index (χ4n) is 1.60. The highest BCUT2D eigenvalue weighted by atomic mass is 35.5. The van der Waals surface area contributed by atoms with Gasteiger partial charge in [-0.05, 0) is 24.4 Å². The molecule has 1 fully saturated rings. The fraction of sp³-hybridized carbons (Fsp3) is 0.700. The number of nitrogens with zero attached hydrogens (tertiary/aromatic N) is 5. The molecule has 1 saturated carbocycles. The van der Waals surface area contributed by atoms with Crippen molar-refractivity contribution in [1.82, 2.24) is 15.0 Å². The largest absolute Gasteiger partial charge is 0.395 e. The molecular formula is C10H16ClN5O. The first-order chi connectivity index (χ1) is 8.11. The fourth-order valence-corrected chi connectivity index (χ4v) is 1.75. The standard InChI is InChI=1S/C10H16ClN5O/c1-15(2)9-12-8(11)13-10(14-9)16(5-6-17)7-3-4-7/h7,17H,3-6H2,1-2H3. The zero-order valence-corrected chi connectivity index (χ0v) is 10.7. The van der Waals surface area contributed by atoms with E-state index in [2.05, 4.69) is 15.0 Å². The molecule has 0 unspecified atom stereocenters. The van der Waals surface area contributed by atoms with Crippen molar-refractivity contribution in [3.8, 4) is 0 Å². The van der Waals surface area contributed by atoms with E-state index in [-0.39, 0.29) is 11.9 Å². The zero-order chi connectivity index (χ0) is 12.4. The van der Waals surface area contributed by atoms with Gasteiger partial charge in [-0.2, -0.15) is 15.0 Å². The summed E-state index contributed by atoms with van der Waals surface area (Å²) < 4.78 is 0. The van der Waals surface area contributed by atoms with Crippen LogP contribution in [0, 0.1) is 0 Å². The van der Waals surface area contributed by atoms with Crippen molar-refractivity contribution < 1.29 is 5.11 Å². The number of aromatic nitrogens is 3. The smallest absolute Gasteiger partial charge is 0.231 e. The molecule has 1 heterocycles. The van der Waals surface area contributed by atoms with Crippen LogP contribution < -0.4 is 9.80 Å². The Labute approximate surface area is 105 Å². The maximum Gasteiger partial charge on any atom is 0.231 e. The van der Waals surface area contributed by atoms with E-state index < -0.39 is 0 Å². The molecule has 0 saturated heterocycles. The third-order valence-electron chi connectivity index (χ3n) is 2.57. The average molecular weight is 258 g/mol. The van der Waals surface area contributed by atoms with Gasteiger partial charge < -0.3 is 14.9 Å². The topological polar surface area (TPSA) is 65.4 Å². The molecule has 94 valence electrons. The van der Waals surface area contributed by atoms with Crippen LogP contribution in [0.5, 0.6) is 0 Å². The van der Waals surface area contributed by atoms with Crippen LogP contribution in [0.2, 0.25) is 5.28 Å². The van der Waals surface area contributed by atoms with Crippen LogP contribution in [0.4, 0.5) is 11.9 Å². The molecule has 0 aromatic carbocycles. The number of halogens is 1. The number of aliphatic hydroxyl groups excluding tert-OH is 1. The van der Waals surface area contributed by atoms with E-state index in [0.29, 0.717) is 24.5 Å². The van der Waals surface area contributed by atoms with Crippen molar-refractivity contribution in [2.24, 2.45) is 0 Å². The first-order valence-electron chi connectivity index (χ1n) is 5.58. The third kappa shape index (κ3) is 2.95. The minimum absolute atomic E-state index is 0.0805. The molecule has 1 N–H and O–H groups in total. The second-order valence-corrected chi connectivity index (χ2v) is 4.59. The van der Waals surface area contributed by atoms with E-state index in [4.69, 9.17) is 16.7 Å². The molecule has 1 aliphatic rings. The lowest BCUT2D eigenvalue weighted by Crippen LogP contribution is -2.31. The van der Waals surface area contributed by atoms with E-state index in [1.807, 2.05) is 19.0 Å². The lowest BCUT2D eigenvalue weighted by atomic mass is 10.5. The lowest BCUT2D eigenvalue weighted by Gasteiger charge is -2.22. The quantitative estimate of drug-likeness (QED) is 0.831. The zero-order valence-electron chi connectivity index (χ0n) is 9.97. The average Bonchev–Trinajstić information content (AvgIpc) is 3.08. The maximum absolute atomic E-state index is 9.07. The summed E-state index contributed by atoms with van der Waals surface area (Å²) in [5.74, 6) is 1.08. The highest BCUT2D eigenvalue weighted by Crippen LogP contribution is 2.30. The van der Waals surface area contributed by atoms with Gasteiger partial charge in [-0.25, -0.2) is 0 Å². The van der Waals surface area contributed by atoms with Crippen molar-refractivity contribution in [2.45, 2.75) is 18.9 Å². The van der Waals surface area contributed by atoms with Gasteiger partial charge in [-0.15, -0.1) is 0 Å². The van der Waals surface area contributed by atoms with Gasteiger partial charge >= 0.3 is 0 Å². The van der Waals surface area contributed by atoms with Crippen molar-refractivity contribution >= 4 is 23.5 Å². The van der Waals surface area contributed by atoms with Crippen molar-refractivity contribution in [1.29, 1.82) is 0 Å². The predicted octanol–water partition coefficient (Wildman–Crippen LogP) is 0.552. The normalized spacial score (nSPS) is 14.8. The summed E-state index contributed by atoms with van der Waals surface area (Å²) in [5.41, 5.74) is 0. The summed E-state index contributed by atoms with van der Waals surface area (Å²) in [6.45, 7) is 0.606. The molecule has 0 radical (unpaired) electrons. The van der Waals surface area contributed by atoms with Gasteiger partial charge in [0.05, 0.1) is 6.61 Å². The number of anilines is 2. The second-order valence-electron chi connectivity index (χ2n) is 4.25. The van der Waals surface area contributed by atoms with Gasteiger partial charge in [-0.1, -0.05) is 0 Å². The monoisotopic (exact) mass is 257 g/mol. The van der Waals surface area contributed by atoms with E-state index in [1.165, 1.54) is 0 Å². The first kappa shape index (κ1) is 12.3. The molecule has 0 amide bonds. The van der Waals surface area contributed by atoms with Crippen molar-refractivity contribution in [3.63, 3.8) is 0 Å². The molecule has 1 aromatic rings. The summed E-state index contributed by atoms with van der Waals surface area (Å²) >= 11 is 5.89. The SMILES string of the molecule is CN(C)c1nc(Cl)nc(N(CCO)C2CC2)n1. The number of hydrogen-bond donors (Lipinski definition) is 1. The predicted molar refractivity (Wildman–Crippen MR) is 66.6 cm³/mol. The summed E-state index contributed by atoms with van der Waals surface area (Å²) in [5, 5.41) is 9.25. The van der Waals surface area contributed by atoms with E-state index in [9.17, 15) is 0 Å². The highest BCUT2D eigenvalue weighted by molar-refractivity contribution is 6.28. The van der Waals surface area contributed by atoms with E-state index in [0.717, 1.165) is 12.8 Å². The molecule has 6 nitrogen and oxygen atoms in total. The molecule has 2 rings (SSSR count). The van der Waals surface area contributed by atoms with Crippen LogP contribution in [-0.2, 0) is 0 Å². The number of hydrogen-bond acceptors (Lipinski definition) is 6. The van der Waals surface area contributed by atoms with Crippen molar-refractivity contribution in [3.05, 3.63) is 5.28 Å². The Balaban J connectivity index is 2.28. The minimum atomic E-state index is 0.0805. The van der Waals surface area contributed by atoms with Crippen LogP contribution in [0.1, 0.15) is 12.8 Å². The molecule has 0 bridgehead atoms. The Morgan fingerprint density at radius 1 is 1.24 bits per heavy atom. The van der Waals surface area contributed by atoms with E-state index >= 15 is 0 Å². The number of rotatable bonds is 5. The van der Waals surface area contributed by atoms with Crippen LogP contribution in [0.3, 0.4) is 0 Å². The van der Waals surface area contributed by atoms with Gasteiger partial charge in [0, 0.05) is 26.7 Å². The Morgan fingerprint density at radius 2 is 1.88 bits per heavy atom. The van der Waals surface area contributed by atoms with Gasteiger partial charge in [0.1, 0.15) is 0 Å². The van der Waals surface area contributed by atoms with Crippen LogP contribution in [0.15, 0.2) is 0 Å². The summed E-state index contributed by atoms with van der Waals surface area (Å²) in [7, 11) is 3.70. The summed E-state index contributed by atoms with van der Waals surface area (Å²) in [4.78, 5) is 16.3. The molecule has 0 atom stereocenters. The minimum Gasteiger partial charge on any atom is -0.395 e. The molecule has 1 aromatic heterocycles. The van der Waals surface area contributed by atoms with Crippen LogP contribution in [-0.4, -0.2) is 53.3 Å². The Hall–Kier alpha value is -1.14. The summed E-state index contributed by atoms with van der Waals surface area (Å²) in [6.07, 6.45) is 2.22. The molecule has 7 heteroatoms. The lowest BCUT2D eigenvalue weighted by molar-refractivity contribution is 0.300. The maximum atomic E-state index is 9.07. The molecule has 0 spiro atoms. The Bertz CT molecular complexity index is 396. The van der Waals surface area contributed by atoms with Crippen LogP contribution >= 0.6 is 11.6 Å². The van der Waals surface area contributed by atoms with Gasteiger partial charge in [0.2, 0.25) is 17.2 Å². The number of aliphatic hydroxyl groups is 1. The van der Waals surface area contributed by atoms with Gasteiger partial charge in [-0.3, -0.25) is 0 Å². The van der Waals surface area contributed by atoms with Crippen molar-refractivity contribution in [2.75, 3.05) is 37.0 Å². The molecule has 17 heavy (non-hydrogen) atoms. The van der Waals surface area contributed by atoms with Gasteiger partial charge in [0.25, 0.3) is 0 Å². The highest BCUT2D eigenvalue weighted by Gasteiger charge is 2.31. The molecule has 0 aliphatic heterocycles. The van der Waals surface area contributed by atoms with Crippen LogP contribution in [0.25, 0.3) is 0 Å². The Morgan fingerprint density at radius 3 is 2.41 bits per heavy atom. The van der Waals surface area contributed by atoms with Gasteiger partial charge in [0.15, 0.2) is 0 Å². The molecule has 1 aliphatic carbocycles. The summed E-state index contributed by atoms with van der Waals surface area (Å²) in [6, 6.07) is 0.427. The van der Waals surface area contributed by atoms with E-state index in [1.54, 1.807) is 4.90 Å². The molecular weight excluding hydrogens is 242 g/mol.